The fourth-order valence-electron chi connectivity index (χ4n) is 2.00. The minimum absolute atomic E-state index is 0.0957. The predicted octanol–water partition coefficient (Wildman–Crippen LogP) is 3.54. The summed E-state index contributed by atoms with van der Waals surface area (Å²) in [6, 6.07) is 11.6. The molecule has 0 aliphatic heterocycles. The zero-order valence-electron chi connectivity index (χ0n) is 12.8. The topological polar surface area (TPSA) is 71.1 Å². The molecule has 0 bridgehead atoms. The summed E-state index contributed by atoms with van der Waals surface area (Å²) in [7, 11) is -3.30. The molecule has 22 heavy (non-hydrogen) atoms. The quantitative estimate of drug-likeness (QED) is 0.819. The van der Waals surface area contributed by atoms with E-state index in [-0.39, 0.29) is 5.75 Å². The third kappa shape index (κ3) is 4.73. The average molecular weight is 319 g/mol. The van der Waals surface area contributed by atoms with Gasteiger partial charge in [0.15, 0.2) is 0 Å². The molecule has 2 rings (SSSR count). The second-order valence-corrected chi connectivity index (χ2v) is 6.87. The number of anilines is 3. The van der Waals surface area contributed by atoms with Crippen molar-refractivity contribution in [3.05, 3.63) is 48.2 Å². The molecule has 1 aromatic heterocycles. The smallest absolute Gasteiger partial charge is 0.233 e. The number of rotatable bonds is 7. The Kier molecular flexibility index (Phi) is 5.38. The Balaban J connectivity index is 2.02. The van der Waals surface area contributed by atoms with Gasteiger partial charge in [-0.1, -0.05) is 26.0 Å². The van der Waals surface area contributed by atoms with Gasteiger partial charge in [0, 0.05) is 5.69 Å². The number of nitrogens with zero attached hydrogens (tertiary/aromatic N) is 1. The number of hydrogen-bond acceptors (Lipinski definition) is 4. The lowest BCUT2D eigenvalue weighted by molar-refractivity contribution is 0.599. The van der Waals surface area contributed by atoms with Crippen LogP contribution < -0.4 is 10.0 Å². The highest BCUT2D eigenvalue weighted by Gasteiger charge is 2.09. The largest absolute Gasteiger partial charge is 0.354 e. The molecule has 1 aromatic carbocycles. The molecule has 0 saturated carbocycles. The molecular weight excluding hydrogens is 298 g/mol. The van der Waals surface area contributed by atoms with Crippen molar-refractivity contribution < 1.29 is 8.42 Å². The van der Waals surface area contributed by atoms with Gasteiger partial charge in [-0.25, -0.2) is 13.4 Å². The fourth-order valence-corrected chi connectivity index (χ4v) is 3.08. The number of aromatic nitrogens is 1. The standard InChI is InChI=1S/C16H21N3O2S/c1-3-11-22(20,21)19-16-10-9-15(12-17-16)18-14-7-5-13(4-2)6-8-14/h5-10,12,18H,3-4,11H2,1-2H3,(H,17,19). The van der Waals surface area contributed by atoms with Gasteiger partial charge in [0.2, 0.25) is 10.0 Å². The van der Waals surface area contributed by atoms with Crippen LogP contribution in [0.4, 0.5) is 17.2 Å². The Morgan fingerprint density at radius 2 is 1.68 bits per heavy atom. The zero-order valence-corrected chi connectivity index (χ0v) is 13.7. The highest BCUT2D eigenvalue weighted by Crippen LogP contribution is 2.18. The van der Waals surface area contributed by atoms with Crippen LogP contribution in [0.1, 0.15) is 25.8 Å². The molecule has 0 spiro atoms. The van der Waals surface area contributed by atoms with Crippen molar-refractivity contribution >= 4 is 27.2 Å². The van der Waals surface area contributed by atoms with E-state index in [9.17, 15) is 8.42 Å². The van der Waals surface area contributed by atoms with Crippen LogP contribution in [0.15, 0.2) is 42.6 Å². The van der Waals surface area contributed by atoms with Crippen LogP contribution in [-0.4, -0.2) is 19.2 Å². The lowest BCUT2D eigenvalue weighted by Gasteiger charge is -2.09. The van der Waals surface area contributed by atoms with Crippen LogP contribution in [0.5, 0.6) is 0 Å². The van der Waals surface area contributed by atoms with Crippen LogP contribution in [-0.2, 0) is 16.4 Å². The Morgan fingerprint density at radius 1 is 1.00 bits per heavy atom. The summed E-state index contributed by atoms with van der Waals surface area (Å²) in [6.07, 6.45) is 3.19. The number of hydrogen-bond donors (Lipinski definition) is 2. The Labute approximate surface area is 131 Å². The van der Waals surface area contributed by atoms with Crippen molar-refractivity contribution in [1.29, 1.82) is 0 Å². The average Bonchev–Trinajstić information content (AvgIpc) is 2.49. The minimum Gasteiger partial charge on any atom is -0.354 e. The van der Waals surface area contributed by atoms with Crippen molar-refractivity contribution in [3.63, 3.8) is 0 Å². The van der Waals surface area contributed by atoms with Gasteiger partial charge < -0.3 is 5.32 Å². The molecule has 5 nitrogen and oxygen atoms in total. The zero-order chi connectivity index (χ0) is 16.0. The first-order valence-electron chi connectivity index (χ1n) is 7.35. The number of aryl methyl sites for hydroxylation is 1. The Morgan fingerprint density at radius 3 is 2.23 bits per heavy atom. The maximum atomic E-state index is 11.7. The van der Waals surface area contributed by atoms with Gasteiger partial charge in [-0.2, -0.15) is 0 Å². The number of nitrogens with one attached hydrogen (secondary N) is 2. The Hall–Kier alpha value is -2.08. The van der Waals surface area contributed by atoms with Gasteiger partial charge in [0.05, 0.1) is 17.6 Å². The van der Waals surface area contributed by atoms with E-state index in [2.05, 4.69) is 34.1 Å². The van der Waals surface area contributed by atoms with E-state index in [1.54, 1.807) is 18.3 Å². The van der Waals surface area contributed by atoms with Crippen molar-refractivity contribution in [1.82, 2.24) is 4.98 Å². The molecular formula is C16H21N3O2S. The van der Waals surface area contributed by atoms with E-state index in [1.165, 1.54) is 5.56 Å². The summed E-state index contributed by atoms with van der Waals surface area (Å²) in [5.74, 6) is 0.429. The van der Waals surface area contributed by atoms with E-state index in [0.717, 1.165) is 17.8 Å². The van der Waals surface area contributed by atoms with Gasteiger partial charge in [0.25, 0.3) is 0 Å². The summed E-state index contributed by atoms with van der Waals surface area (Å²) in [4.78, 5) is 4.12. The maximum Gasteiger partial charge on any atom is 0.233 e. The van der Waals surface area contributed by atoms with E-state index < -0.39 is 10.0 Å². The van der Waals surface area contributed by atoms with Gasteiger partial charge in [-0.05, 0) is 42.7 Å². The van der Waals surface area contributed by atoms with Crippen LogP contribution in [0.25, 0.3) is 0 Å². The summed E-state index contributed by atoms with van der Waals surface area (Å²) in [5.41, 5.74) is 3.06. The first-order chi connectivity index (χ1) is 10.5. The third-order valence-corrected chi connectivity index (χ3v) is 4.61. The van der Waals surface area contributed by atoms with E-state index in [0.29, 0.717) is 12.2 Å². The molecule has 2 aromatic rings. The van der Waals surface area contributed by atoms with Crippen molar-refractivity contribution in [3.8, 4) is 0 Å². The second-order valence-electron chi connectivity index (χ2n) is 5.03. The molecule has 0 atom stereocenters. The summed E-state index contributed by atoms with van der Waals surface area (Å²) in [6.45, 7) is 3.94. The van der Waals surface area contributed by atoms with Crippen molar-refractivity contribution in [2.75, 3.05) is 15.8 Å². The lowest BCUT2D eigenvalue weighted by atomic mass is 10.1. The lowest BCUT2D eigenvalue weighted by Crippen LogP contribution is -2.16. The third-order valence-electron chi connectivity index (χ3n) is 3.15. The first-order valence-corrected chi connectivity index (χ1v) is 9.00. The number of benzene rings is 1. The molecule has 118 valence electrons. The molecule has 0 aliphatic rings. The molecule has 6 heteroatoms. The molecule has 0 saturated heterocycles. The van der Waals surface area contributed by atoms with E-state index in [4.69, 9.17) is 0 Å². The van der Waals surface area contributed by atoms with Crippen molar-refractivity contribution in [2.24, 2.45) is 0 Å². The van der Waals surface area contributed by atoms with Gasteiger partial charge in [-0.3, -0.25) is 4.72 Å². The first kappa shape index (κ1) is 16.3. The normalized spacial score (nSPS) is 11.2. The molecule has 0 aliphatic carbocycles. The van der Waals surface area contributed by atoms with Gasteiger partial charge in [-0.15, -0.1) is 0 Å². The molecule has 2 N–H and O–H groups in total. The molecule has 0 radical (unpaired) electrons. The SMILES string of the molecule is CCCS(=O)(=O)Nc1ccc(Nc2ccc(CC)cc2)cn1. The van der Waals surface area contributed by atoms with Crippen LogP contribution in [0.2, 0.25) is 0 Å². The van der Waals surface area contributed by atoms with Crippen molar-refractivity contribution in [2.45, 2.75) is 26.7 Å². The molecule has 0 fully saturated rings. The summed E-state index contributed by atoms with van der Waals surface area (Å²) < 4.78 is 25.8. The molecule has 0 amide bonds. The van der Waals surface area contributed by atoms with Gasteiger partial charge in [0.1, 0.15) is 5.82 Å². The van der Waals surface area contributed by atoms with E-state index in [1.807, 2.05) is 19.1 Å². The van der Waals surface area contributed by atoms with Gasteiger partial charge >= 0.3 is 0 Å². The van der Waals surface area contributed by atoms with Crippen LogP contribution in [0.3, 0.4) is 0 Å². The molecule has 1 heterocycles. The van der Waals surface area contributed by atoms with E-state index >= 15 is 0 Å². The van der Waals surface area contributed by atoms with Crippen LogP contribution in [0, 0.1) is 0 Å². The fraction of sp³-hybridized carbons (Fsp3) is 0.312. The predicted molar refractivity (Wildman–Crippen MR) is 91.0 cm³/mol. The number of pyridine rings is 1. The Bertz CT molecular complexity index is 695. The number of sulfonamides is 1. The monoisotopic (exact) mass is 319 g/mol. The maximum absolute atomic E-state index is 11.7. The highest BCUT2D eigenvalue weighted by atomic mass is 32.2. The second kappa shape index (κ2) is 7.26. The highest BCUT2D eigenvalue weighted by molar-refractivity contribution is 7.92. The molecule has 0 unspecified atom stereocenters. The summed E-state index contributed by atoms with van der Waals surface area (Å²) >= 11 is 0. The van der Waals surface area contributed by atoms with Crippen LogP contribution >= 0.6 is 0 Å². The minimum atomic E-state index is -3.30. The summed E-state index contributed by atoms with van der Waals surface area (Å²) in [5, 5.41) is 3.23.